The van der Waals surface area contributed by atoms with Gasteiger partial charge in [0.05, 0.1) is 4.88 Å². The molecule has 0 saturated carbocycles. The van der Waals surface area contributed by atoms with Gasteiger partial charge in [-0.3, -0.25) is 4.79 Å². The number of alkyl halides is 3. The number of aryl methyl sites for hydroxylation is 1. The van der Waals surface area contributed by atoms with E-state index >= 15 is 0 Å². The number of carbonyl (C=O) groups is 1. The minimum Gasteiger partial charge on any atom is -0.288 e. The molecule has 94 valence electrons. The van der Waals surface area contributed by atoms with E-state index in [1.165, 1.54) is 0 Å². The molecule has 0 aliphatic carbocycles. The van der Waals surface area contributed by atoms with Crippen LogP contribution in [0.4, 0.5) is 13.2 Å². The molecule has 2 aromatic rings. The molecule has 2 nitrogen and oxygen atoms in total. The third-order valence-corrected chi connectivity index (χ3v) is 3.33. The Morgan fingerprint density at radius 3 is 2.33 bits per heavy atom. The van der Waals surface area contributed by atoms with Crippen molar-refractivity contribution in [1.82, 2.24) is 4.98 Å². The minimum absolute atomic E-state index is 0.00817. The quantitative estimate of drug-likeness (QED) is 0.779. The van der Waals surface area contributed by atoms with Crippen molar-refractivity contribution >= 4 is 17.1 Å². The van der Waals surface area contributed by atoms with Crippen molar-refractivity contribution in [3.8, 4) is 0 Å². The van der Waals surface area contributed by atoms with E-state index in [4.69, 9.17) is 0 Å². The number of halogens is 3. The van der Waals surface area contributed by atoms with Crippen LogP contribution in [-0.2, 0) is 6.18 Å². The smallest absolute Gasteiger partial charge is 0.288 e. The lowest BCUT2D eigenvalue weighted by molar-refractivity contribution is -0.137. The van der Waals surface area contributed by atoms with Crippen molar-refractivity contribution in [1.29, 1.82) is 0 Å². The lowest BCUT2D eigenvalue weighted by Gasteiger charge is -2.00. The second kappa shape index (κ2) is 4.53. The molecule has 2 rings (SSSR count). The number of benzene rings is 1. The second-order valence-electron chi connectivity index (χ2n) is 3.72. The molecule has 0 fully saturated rings. The first kappa shape index (κ1) is 12.8. The second-order valence-corrected chi connectivity index (χ2v) is 4.75. The molecule has 18 heavy (non-hydrogen) atoms. The third kappa shape index (κ3) is 2.59. The zero-order valence-corrected chi connectivity index (χ0v) is 10.1. The number of hydrogen-bond donors (Lipinski definition) is 0. The van der Waals surface area contributed by atoms with Gasteiger partial charge < -0.3 is 0 Å². The monoisotopic (exact) mass is 271 g/mol. The molecule has 0 unspecified atom stereocenters. The van der Waals surface area contributed by atoms with Crippen molar-refractivity contribution < 1.29 is 18.0 Å². The van der Waals surface area contributed by atoms with E-state index < -0.39 is 17.0 Å². The highest BCUT2D eigenvalue weighted by atomic mass is 32.1. The summed E-state index contributed by atoms with van der Waals surface area (Å²) >= 11 is 0.361. The Kier molecular flexibility index (Phi) is 3.21. The first-order valence-electron chi connectivity index (χ1n) is 5.02. The number of thiazole rings is 1. The summed E-state index contributed by atoms with van der Waals surface area (Å²) in [4.78, 5) is 15.1. The first-order chi connectivity index (χ1) is 8.38. The summed E-state index contributed by atoms with van der Waals surface area (Å²) in [5.41, 5.74) is 1.34. The molecule has 0 saturated heterocycles. The van der Waals surface area contributed by atoms with Gasteiger partial charge in [0.2, 0.25) is 5.78 Å². The van der Waals surface area contributed by atoms with Gasteiger partial charge in [0, 0.05) is 11.8 Å². The molecule has 6 heteroatoms. The summed E-state index contributed by atoms with van der Waals surface area (Å²) in [6.07, 6.45) is -3.54. The van der Waals surface area contributed by atoms with E-state index in [0.29, 0.717) is 16.9 Å². The highest BCUT2D eigenvalue weighted by Gasteiger charge is 2.35. The van der Waals surface area contributed by atoms with Gasteiger partial charge in [-0.15, -0.1) is 11.3 Å². The van der Waals surface area contributed by atoms with Gasteiger partial charge in [0.15, 0.2) is 5.01 Å². The van der Waals surface area contributed by atoms with Crippen LogP contribution in [0, 0.1) is 6.92 Å². The molecule has 0 atom stereocenters. The maximum atomic E-state index is 12.4. The van der Waals surface area contributed by atoms with E-state index in [1.807, 2.05) is 6.92 Å². The van der Waals surface area contributed by atoms with E-state index in [9.17, 15) is 18.0 Å². The fraction of sp³-hybridized carbons (Fsp3) is 0.167. The lowest BCUT2D eigenvalue weighted by atomic mass is 10.1. The minimum atomic E-state index is -4.50. The van der Waals surface area contributed by atoms with Crippen LogP contribution in [0.1, 0.15) is 25.8 Å². The van der Waals surface area contributed by atoms with Crippen LogP contribution >= 0.6 is 11.3 Å². The van der Waals surface area contributed by atoms with E-state index in [0.717, 1.165) is 11.8 Å². The van der Waals surface area contributed by atoms with Gasteiger partial charge in [-0.05, 0) is 6.92 Å². The summed E-state index contributed by atoms with van der Waals surface area (Å²) in [5.74, 6) is -0.442. The Balaban J connectivity index is 2.29. The van der Waals surface area contributed by atoms with Gasteiger partial charge in [-0.25, -0.2) is 4.98 Å². The molecule has 0 amide bonds. The summed E-state index contributed by atoms with van der Waals surface area (Å²) < 4.78 is 37.1. The number of nitrogens with zero attached hydrogens (tertiary/aromatic N) is 1. The molecule has 0 spiro atoms. The van der Waals surface area contributed by atoms with Gasteiger partial charge in [0.25, 0.3) is 0 Å². The maximum absolute atomic E-state index is 12.4. The number of rotatable bonds is 2. The Hall–Kier alpha value is -1.69. The SMILES string of the molecule is Cc1ccc(C(=O)c2cnc(C(F)(F)F)s2)cc1. The molecule has 1 aromatic carbocycles. The van der Waals surface area contributed by atoms with Crippen molar-refractivity contribution in [3.05, 3.63) is 51.5 Å². The predicted octanol–water partition coefficient (Wildman–Crippen LogP) is 3.70. The molecule has 0 aliphatic heterocycles. The molecule has 1 aromatic heterocycles. The molecule has 0 aliphatic rings. The van der Waals surface area contributed by atoms with Gasteiger partial charge in [-0.1, -0.05) is 29.8 Å². The predicted molar refractivity (Wildman–Crippen MR) is 61.7 cm³/mol. The Morgan fingerprint density at radius 1 is 1.22 bits per heavy atom. The van der Waals surface area contributed by atoms with Crippen LogP contribution < -0.4 is 0 Å². The average molecular weight is 271 g/mol. The zero-order valence-electron chi connectivity index (χ0n) is 9.28. The number of carbonyl (C=O) groups excluding carboxylic acids is 1. The lowest BCUT2D eigenvalue weighted by Crippen LogP contribution is -2.03. The van der Waals surface area contributed by atoms with Crippen LogP contribution in [0.5, 0.6) is 0 Å². The average Bonchev–Trinajstić information content (AvgIpc) is 2.78. The van der Waals surface area contributed by atoms with Crippen LogP contribution in [0.3, 0.4) is 0 Å². The fourth-order valence-electron chi connectivity index (χ4n) is 1.36. The fourth-order valence-corrected chi connectivity index (χ4v) is 2.10. The van der Waals surface area contributed by atoms with Gasteiger partial charge in [-0.2, -0.15) is 13.2 Å². The standard InChI is InChI=1S/C12H8F3NOS/c1-7-2-4-8(5-3-7)10(17)9-6-16-11(18-9)12(13,14)15/h2-6H,1H3. The molecular formula is C12H8F3NOS. The van der Waals surface area contributed by atoms with Crippen LogP contribution in [-0.4, -0.2) is 10.8 Å². The third-order valence-electron chi connectivity index (χ3n) is 2.29. The van der Waals surface area contributed by atoms with Gasteiger partial charge >= 0.3 is 6.18 Å². The Morgan fingerprint density at radius 2 is 1.83 bits per heavy atom. The number of ketones is 1. The van der Waals surface area contributed by atoms with Crippen LogP contribution in [0.2, 0.25) is 0 Å². The Bertz CT molecular complexity index is 572. The van der Waals surface area contributed by atoms with Gasteiger partial charge in [0.1, 0.15) is 0 Å². The van der Waals surface area contributed by atoms with Crippen LogP contribution in [0.25, 0.3) is 0 Å². The summed E-state index contributed by atoms with van der Waals surface area (Å²) in [6, 6.07) is 6.65. The molecule has 0 N–H and O–H groups in total. The van der Waals surface area contributed by atoms with E-state index in [2.05, 4.69) is 4.98 Å². The van der Waals surface area contributed by atoms with E-state index in [-0.39, 0.29) is 4.88 Å². The topological polar surface area (TPSA) is 30.0 Å². The molecule has 0 bridgehead atoms. The van der Waals surface area contributed by atoms with Crippen molar-refractivity contribution in [2.24, 2.45) is 0 Å². The zero-order chi connectivity index (χ0) is 13.3. The highest BCUT2D eigenvalue weighted by molar-refractivity contribution is 7.13. The number of aromatic nitrogens is 1. The molecular weight excluding hydrogens is 263 g/mol. The van der Waals surface area contributed by atoms with E-state index in [1.54, 1.807) is 24.3 Å². The molecule has 0 radical (unpaired) electrons. The van der Waals surface area contributed by atoms with Crippen molar-refractivity contribution in [2.75, 3.05) is 0 Å². The maximum Gasteiger partial charge on any atom is 0.443 e. The highest BCUT2D eigenvalue weighted by Crippen LogP contribution is 2.33. The summed E-state index contributed by atoms with van der Waals surface area (Å²) in [7, 11) is 0. The van der Waals surface area contributed by atoms with Crippen molar-refractivity contribution in [3.63, 3.8) is 0 Å². The number of hydrogen-bond acceptors (Lipinski definition) is 3. The Labute approximate surface area is 105 Å². The normalized spacial score (nSPS) is 11.6. The summed E-state index contributed by atoms with van der Waals surface area (Å²) in [5, 5.41) is -1.00. The van der Waals surface area contributed by atoms with Crippen molar-refractivity contribution in [2.45, 2.75) is 13.1 Å². The molecule has 1 heterocycles. The largest absolute Gasteiger partial charge is 0.443 e. The first-order valence-corrected chi connectivity index (χ1v) is 5.84. The summed E-state index contributed by atoms with van der Waals surface area (Å²) in [6.45, 7) is 1.86. The van der Waals surface area contributed by atoms with Crippen LogP contribution in [0.15, 0.2) is 30.5 Å².